The first-order chi connectivity index (χ1) is 10.5. The number of hydrogen-bond acceptors (Lipinski definition) is 5. The summed E-state index contributed by atoms with van der Waals surface area (Å²) in [6.45, 7) is 0. The van der Waals surface area contributed by atoms with Gasteiger partial charge in [0, 0.05) is 12.3 Å². The molecule has 0 fully saturated rings. The molecule has 0 saturated heterocycles. The summed E-state index contributed by atoms with van der Waals surface area (Å²) in [6.07, 6.45) is 1.41. The summed E-state index contributed by atoms with van der Waals surface area (Å²) >= 11 is 0. The van der Waals surface area contributed by atoms with Crippen LogP contribution in [-0.4, -0.2) is 18.3 Å². The normalized spacial score (nSPS) is 11.5. The van der Waals surface area contributed by atoms with E-state index in [2.05, 4.69) is 4.98 Å². The van der Waals surface area contributed by atoms with Gasteiger partial charge in [0.25, 0.3) is 5.69 Å². The van der Waals surface area contributed by atoms with Crippen LogP contribution in [0.1, 0.15) is 0 Å². The van der Waals surface area contributed by atoms with Crippen molar-refractivity contribution in [1.82, 2.24) is 4.98 Å². The van der Waals surface area contributed by atoms with E-state index in [1.807, 2.05) is 0 Å². The van der Waals surface area contributed by atoms with Crippen LogP contribution in [0.3, 0.4) is 0 Å². The van der Waals surface area contributed by atoms with Crippen LogP contribution in [0.4, 0.5) is 5.69 Å². The molecule has 0 aliphatic heterocycles. The first kappa shape index (κ1) is 14.2. The Labute approximate surface area is 126 Å². The second-order valence-corrected chi connectivity index (χ2v) is 6.47. The van der Waals surface area contributed by atoms with Crippen LogP contribution < -0.4 is 0 Å². The van der Waals surface area contributed by atoms with Crippen molar-refractivity contribution in [2.75, 3.05) is 0 Å². The number of fused-ring (bicyclic) bond motifs is 1. The molecule has 0 radical (unpaired) electrons. The van der Waals surface area contributed by atoms with Crippen molar-refractivity contribution in [3.63, 3.8) is 0 Å². The Bertz CT molecular complexity index is 969. The van der Waals surface area contributed by atoms with Crippen molar-refractivity contribution in [1.29, 1.82) is 0 Å². The van der Waals surface area contributed by atoms with Gasteiger partial charge in [0.15, 0.2) is 0 Å². The van der Waals surface area contributed by atoms with E-state index in [9.17, 15) is 18.5 Å². The predicted molar refractivity (Wildman–Crippen MR) is 80.3 cm³/mol. The molecule has 6 nitrogen and oxygen atoms in total. The molecule has 0 N–H and O–H groups in total. The monoisotopic (exact) mass is 314 g/mol. The molecule has 0 bridgehead atoms. The maximum atomic E-state index is 12.7. The van der Waals surface area contributed by atoms with Gasteiger partial charge in [-0.3, -0.25) is 15.1 Å². The highest BCUT2D eigenvalue weighted by Gasteiger charge is 2.24. The van der Waals surface area contributed by atoms with Crippen molar-refractivity contribution in [2.24, 2.45) is 0 Å². The highest BCUT2D eigenvalue weighted by atomic mass is 32.2. The van der Waals surface area contributed by atoms with Crippen LogP contribution in [0, 0.1) is 10.1 Å². The van der Waals surface area contributed by atoms with Gasteiger partial charge in [-0.2, -0.15) is 0 Å². The summed E-state index contributed by atoms with van der Waals surface area (Å²) in [5.41, 5.74) is -0.0735. The molecule has 110 valence electrons. The van der Waals surface area contributed by atoms with Gasteiger partial charge in [0.2, 0.25) is 9.84 Å². The zero-order valence-corrected chi connectivity index (χ0v) is 12.0. The molecule has 0 atom stereocenters. The molecule has 0 unspecified atom stereocenters. The number of rotatable bonds is 3. The minimum absolute atomic E-state index is 0.0418. The van der Waals surface area contributed by atoms with E-state index in [-0.39, 0.29) is 26.4 Å². The lowest BCUT2D eigenvalue weighted by molar-refractivity contribution is -0.383. The number of aromatic nitrogens is 1. The smallest absolute Gasteiger partial charge is 0.258 e. The third kappa shape index (κ3) is 2.21. The highest BCUT2D eigenvalue weighted by Crippen LogP contribution is 2.32. The Morgan fingerprint density at radius 3 is 2.36 bits per heavy atom. The van der Waals surface area contributed by atoms with E-state index >= 15 is 0 Å². The molecule has 0 aliphatic carbocycles. The summed E-state index contributed by atoms with van der Waals surface area (Å²) < 4.78 is 25.4. The van der Waals surface area contributed by atoms with Gasteiger partial charge in [-0.1, -0.05) is 18.2 Å². The molecule has 2 aromatic carbocycles. The van der Waals surface area contributed by atoms with Crippen molar-refractivity contribution < 1.29 is 13.3 Å². The quantitative estimate of drug-likeness (QED) is 0.547. The summed E-state index contributed by atoms with van der Waals surface area (Å²) in [5, 5.41) is 11.3. The number of nitro benzene ring substituents is 1. The molecule has 0 saturated carbocycles. The SMILES string of the molecule is O=[N+]([O-])c1ccc(S(=O)(=O)c2ccccc2)c2ncccc12. The standard InChI is InChI=1S/C15H10N2O4S/c18-17(19)13-8-9-14(15-12(13)7-4-10-16-15)22(20,21)11-5-2-1-3-6-11/h1-10H. The largest absolute Gasteiger partial charge is 0.278 e. The number of benzene rings is 2. The van der Waals surface area contributed by atoms with Crippen LogP contribution in [0.25, 0.3) is 10.9 Å². The zero-order chi connectivity index (χ0) is 15.7. The van der Waals surface area contributed by atoms with Crippen molar-refractivity contribution in [3.05, 3.63) is 70.9 Å². The maximum absolute atomic E-state index is 12.7. The highest BCUT2D eigenvalue weighted by molar-refractivity contribution is 7.91. The van der Waals surface area contributed by atoms with Crippen LogP contribution in [-0.2, 0) is 9.84 Å². The van der Waals surface area contributed by atoms with E-state index in [4.69, 9.17) is 0 Å². The van der Waals surface area contributed by atoms with Gasteiger partial charge in [0.1, 0.15) is 0 Å². The molecular formula is C15H10N2O4S. The van der Waals surface area contributed by atoms with Crippen LogP contribution in [0.5, 0.6) is 0 Å². The van der Waals surface area contributed by atoms with Gasteiger partial charge < -0.3 is 0 Å². The van der Waals surface area contributed by atoms with Crippen LogP contribution in [0.15, 0.2) is 70.6 Å². The van der Waals surface area contributed by atoms with Gasteiger partial charge in [-0.25, -0.2) is 8.42 Å². The average Bonchev–Trinajstić information content (AvgIpc) is 2.54. The van der Waals surface area contributed by atoms with Crippen molar-refractivity contribution in [2.45, 2.75) is 9.79 Å². The third-order valence-electron chi connectivity index (χ3n) is 3.25. The van der Waals surface area contributed by atoms with Crippen LogP contribution in [0.2, 0.25) is 0 Å². The Hall–Kier alpha value is -2.80. The van der Waals surface area contributed by atoms with E-state index in [0.29, 0.717) is 0 Å². The topological polar surface area (TPSA) is 90.2 Å². The summed E-state index contributed by atoms with van der Waals surface area (Å²) in [5.74, 6) is 0. The Kier molecular flexibility index (Phi) is 3.34. The molecule has 3 rings (SSSR count). The van der Waals surface area contributed by atoms with E-state index in [1.54, 1.807) is 18.2 Å². The fraction of sp³-hybridized carbons (Fsp3) is 0. The Balaban J connectivity index is 2.34. The number of nitrogens with zero attached hydrogens (tertiary/aromatic N) is 2. The van der Waals surface area contributed by atoms with Crippen molar-refractivity contribution >= 4 is 26.4 Å². The van der Waals surface area contributed by atoms with E-state index in [1.165, 1.54) is 42.6 Å². The summed E-state index contributed by atoms with van der Waals surface area (Å²) in [6, 6.07) is 13.4. The molecule has 22 heavy (non-hydrogen) atoms. The Morgan fingerprint density at radius 1 is 0.955 bits per heavy atom. The molecule has 1 aromatic heterocycles. The first-order valence-corrected chi connectivity index (χ1v) is 7.82. The minimum Gasteiger partial charge on any atom is -0.258 e. The van der Waals surface area contributed by atoms with Crippen LogP contribution >= 0.6 is 0 Å². The molecule has 0 aliphatic rings. The molecule has 0 amide bonds. The fourth-order valence-electron chi connectivity index (χ4n) is 2.23. The maximum Gasteiger partial charge on any atom is 0.278 e. The lowest BCUT2D eigenvalue weighted by Gasteiger charge is -2.07. The first-order valence-electron chi connectivity index (χ1n) is 6.34. The van der Waals surface area contributed by atoms with E-state index < -0.39 is 14.8 Å². The van der Waals surface area contributed by atoms with Gasteiger partial charge in [-0.15, -0.1) is 0 Å². The minimum atomic E-state index is -3.79. The fourth-order valence-corrected chi connectivity index (χ4v) is 3.67. The number of nitro groups is 1. The van der Waals surface area contributed by atoms with Crippen molar-refractivity contribution in [3.8, 4) is 0 Å². The van der Waals surface area contributed by atoms with Gasteiger partial charge in [-0.05, 0) is 30.3 Å². The number of pyridine rings is 1. The lowest BCUT2D eigenvalue weighted by Crippen LogP contribution is -2.04. The lowest BCUT2D eigenvalue weighted by atomic mass is 10.2. The number of hydrogen-bond donors (Lipinski definition) is 0. The summed E-state index contributed by atoms with van der Waals surface area (Å²) in [7, 11) is -3.79. The molecular weight excluding hydrogens is 304 g/mol. The molecule has 7 heteroatoms. The molecule has 0 spiro atoms. The predicted octanol–water partition coefficient (Wildman–Crippen LogP) is 2.98. The summed E-state index contributed by atoms with van der Waals surface area (Å²) in [4.78, 5) is 14.6. The second-order valence-electron chi connectivity index (χ2n) is 4.56. The Morgan fingerprint density at radius 2 is 1.68 bits per heavy atom. The third-order valence-corrected chi connectivity index (χ3v) is 5.05. The number of non-ortho nitro benzene ring substituents is 1. The van der Waals surface area contributed by atoms with Gasteiger partial charge >= 0.3 is 0 Å². The van der Waals surface area contributed by atoms with E-state index in [0.717, 1.165) is 0 Å². The average molecular weight is 314 g/mol. The van der Waals surface area contributed by atoms with Gasteiger partial charge in [0.05, 0.1) is 25.6 Å². The molecule has 3 aromatic rings. The molecule has 1 heterocycles. The number of sulfone groups is 1. The second kappa shape index (κ2) is 5.19. The zero-order valence-electron chi connectivity index (χ0n) is 11.2.